The first-order valence-electron chi connectivity index (χ1n) is 19.2. The van der Waals surface area contributed by atoms with E-state index in [9.17, 15) is 70.2 Å². The van der Waals surface area contributed by atoms with Crippen LogP contribution in [0.2, 0.25) is 0 Å². The number of carbonyl (C=O) groups excluding carboxylic acids is 2. The summed E-state index contributed by atoms with van der Waals surface area (Å²) in [4.78, 5) is 59.8. The van der Waals surface area contributed by atoms with E-state index in [-0.39, 0.29) is 39.0 Å². The fraction of sp³-hybridized carbons (Fsp3) is 0.750. The Morgan fingerprint density at radius 1 is 0.621 bits per heavy atom. The highest BCUT2D eigenvalue weighted by Gasteiger charge is 2.35. The number of hydrogen-bond acceptors (Lipinski definition) is 18. The Morgan fingerprint density at radius 2 is 1.00 bits per heavy atom. The van der Waals surface area contributed by atoms with Gasteiger partial charge in [0.25, 0.3) is 11.8 Å². The van der Waals surface area contributed by atoms with Gasteiger partial charge >= 0.3 is 11.9 Å². The molecule has 0 spiro atoms. The number of hydrogen-bond donors (Lipinski definition) is 14. The fourth-order valence-corrected chi connectivity index (χ4v) is 6.36. The third kappa shape index (κ3) is 16.3. The molecule has 2 heterocycles. The van der Waals surface area contributed by atoms with Crippen LogP contribution in [0.15, 0.2) is 18.2 Å². The Balaban J connectivity index is 2.02. The minimum Gasteiger partial charge on any atom is -0.480 e. The molecule has 332 valence electrons. The average Bonchev–Trinajstić information content (AvgIpc) is 3.20. The molecule has 14 N–H and O–H groups in total. The second-order valence-electron chi connectivity index (χ2n) is 14.5. The number of aliphatic hydroxyl groups excluding tert-OH is 10. The molecule has 2 rings (SSSR count). The summed E-state index contributed by atoms with van der Waals surface area (Å²) < 4.78 is 0. The first kappa shape index (κ1) is 50.7. The zero-order valence-corrected chi connectivity index (χ0v) is 32.6. The van der Waals surface area contributed by atoms with Crippen LogP contribution in [-0.2, 0) is 32.3 Å². The molecule has 22 heteroatoms. The SMILES string of the molecule is CN1CCN(C(CCCCNC(=O)[C@H](O)[C@@H](O)[C@H](O)[C@H](O)CO)C(=O)O)Cc2cccc(n2)CN(C(CCCCNC(=O)[C@H](O)[C@@H](O)[C@H](O)[C@H](O)CO)C(=O)O)CC1. The van der Waals surface area contributed by atoms with Gasteiger partial charge in [0.1, 0.15) is 48.7 Å². The van der Waals surface area contributed by atoms with E-state index in [1.54, 1.807) is 28.0 Å². The van der Waals surface area contributed by atoms with E-state index in [4.69, 9.17) is 15.2 Å². The molecule has 10 atom stereocenters. The molecule has 0 fully saturated rings. The van der Waals surface area contributed by atoms with Crippen LogP contribution >= 0.6 is 0 Å². The van der Waals surface area contributed by atoms with Crippen LogP contribution < -0.4 is 10.6 Å². The summed E-state index contributed by atoms with van der Waals surface area (Å²) in [6, 6.07) is 3.38. The van der Waals surface area contributed by atoms with Gasteiger partial charge in [-0.3, -0.25) is 34.0 Å². The van der Waals surface area contributed by atoms with Crippen LogP contribution in [0.5, 0.6) is 0 Å². The van der Waals surface area contributed by atoms with Crippen molar-refractivity contribution in [3.05, 3.63) is 29.6 Å². The number of aliphatic carboxylic acids is 2. The van der Waals surface area contributed by atoms with Gasteiger partial charge in [-0.2, -0.15) is 0 Å². The van der Waals surface area contributed by atoms with Crippen molar-refractivity contribution in [3.8, 4) is 0 Å². The third-order valence-corrected chi connectivity index (χ3v) is 10.0. The summed E-state index contributed by atoms with van der Waals surface area (Å²) in [5.41, 5.74) is 1.13. The molecule has 0 aliphatic carbocycles. The molecular weight excluding hydrogens is 772 g/mol. The van der Waals surface area contributed by atoms with Crippen LogP contribution in [0.1, 0.15) is 49.9 Å². The first-order valence-corrected chi connectivity index (χ1v) is 19.2. The van der Waals surface area contributed by atoms with E-state index in [0.29, 0.717) is 63.3 Å². The minimum atomic E-state index is -2.08. The molecule has 2 amide bonds. The summed E-state index contributed by atoms with van der Waals surface area (Å²) in [6.45, 7) is 0.0833. The predicted molar refractivity (Wildman–Crippen MR) is 201 cm³/mol. The Bertz CT molecular complexity index is 1320. The van der Waals surface area contributed by atoms with Gasteiger partial charge in [-0.1, -0.05) is 6.07 Å². The van der Waals surface area contributed by atoms with Crippen LogP contribution in [0.3, 0.4) is 0 Å². The molecule has 2 bridgehead atoms. The molecule has 1 aliphatic rings. The summed E-state index contributed by atoms with van der Waals surface area (Å²) in [7, 11) is 1.83. The molecule has 22 nitrogen and oxygen atoms in total. The maximum absolute atomic E-state index is 12.5. The van der Waals surface area contributed by atoms with Crippen molar-refractivity contribution >= 4 is 23.8 Å². The number of rotatable bonds is 24. The van der Waals surface area contributed by atoms with Gasteiger partial charge in [0.15, 0.2) is 12.2 Å². The second kappa shape index (κ2) is 25.9. The number of aromatic nitrogens is 1. The average molecular weight is 835 g/mol. The van der Waals surface area contributed by atoms with E-state index in [2.05, 4.69) is 10.6 Å². The summed E-state index contributed by atoms with van der Waals surface area (Å²) in [5, 5.41) is 121. The number of unbranched alkanes of at least 4 members (excludes halogenated alkanes) is 2. The van der Waals surface area contributed by atoms with Crippen LogP contribution in [0.25, 0.3) is 0 Å². The Labute approximate surface area is 336 Å². The predicted octanol–water partition coefficient (Wildman–Crippen LogP) is -6.02. The number of aliphatic hydroxyl groups is 10. The quantitative estimate of drug-likeness (QED) is 0.0431. The zero-order valence-electron chi connectivity index (χ0n) is 32.6. The van der Waals surface area contributed by atoms with Crippen molar-refractivity contribution in [1.82, 2.24) is 30.3 Å². The minimum absolute atomic E-state index is 0.0183. The fourth-order valence-electron chi connectivity index (χ4n) is 6.36. The maximum Gasteiger partial charge on any atom is 0.320 e. The summed E-state index contributed by atoms with van der Waals surface area (Å²) >= 11 is 0. The lowest BCUT2D eigenvalue weighted by molar-refractivity contribution is -0.149. The van der Waals surface area contributed by atoms with E-state index in [1.165, 1.54) is 0 Å². The highest BCUT2D eigenvalue weighted by Crippen LogP contribution is 2.18. The molecule has 58 heavy (non-hydrogen) atoms. The maximum atomic E-state index is 12.5. The van der Waals surface area contributed by atoms with Gasteiger partial charge in [-0.25, -0.2) is 0 Å². The number of carboxylic acid groups (broad SMARTS) is 2. The van der Waals surface area contributed by atoms with Gasteiger partial charge in [0.05, 0.1) is 24.6 Å². The van der Waals surface area contributed by atoms with Crippen LogP contribution in [-0.4, -0.2) is 225 Å². The molecule has 1 aromatic heterocycles. The molecule has 0 radical (unpaired) electrons. The first-order chi connectivity index (χ1) is 27.4. The van der Waals surface area contributed by atoms with Gasteiger partial charge in [-0.05, 0) is 57.7 Å². The largest absolute Gasteiger partial charge is 0.480 e. The number of likely N-dealkylation sites (N-methyl/N-ethyl adjacent to an activating group) is 1. The lowest BCUT2D eigenvalue weighted by Crippen LogP contribution is -2.51. The molecule has 1 aromatic rings. The van der Waals surface area contributed by atoms with Crippen molar-refractivity contribution in [2.24, 2.45) is 0 Å². The smallest absolute Gasteiger partial charge is 0.320 e. The molecule has 2 unspecified atom stereocenters. The number of amides is 2. The standard InChI is InChI=1S/C36H62N6O16/c1-40-13-15-41(23(35(55)56)9-2-4-11-37-33(53)31(51)29(49)27(47)25(45)19-43)17-21-7-6-8-22(39-21)18-42(16-14-40)24(36(57)58)10-3-5-12-38-34(54)32(52)30(50)28(48)26(46)20-44/h6-8,23-32,43-52H,2-5,9-20H2,1H3,(H,37,53)(H,38,54)(H,55,56)(H,57,58)/t23?,24?,25-,26-,27-,28-,29+,30+,31-,32-/m1/s1. The zero-order chi connectivity index (χ0) is 43.5. The highest BCUT2D eigenvalue weighted by molar-refractivity contribution is 5.81. The number of nitrogens with zero attached hydrogens (tertiary/aromatic N) is 4. The Hall–Kier alpha value is -3.49. The lowest BCUT2D eigenvalue weighted by atomic mass is 10.0. The Morgan fingerprint density at radius 3 is 1.34 bits per heavy atom. The summed E-state index contributed by atoms with van der Waals surface area (Å²) in [6.07, 6.45) is -14.0. The molecule has 0 aromatic carbocycles. The topological polar surface area (TPSA) is 358 Å². The highest BCUT2D eigenvalue weighted by atomic mass is 16.4. The van der Waals surface area contributed by atoms with E-state index >= 15 is 0 Å². The van der Waals surface area contributed by atoms with E-state index < -0.39 is 97.9 Å². The number of carbonyl (C=O) groups is 4. The number of carboxylic acids is 2. The Kier molecular flexibility index (Phi) is 22.6. The molecule has 0 saturated heterocycles. The number of nitrogens with one attached hydrogen (secondary N) is 2. The van der Waals surface area contributed by atoms with Crippen LogP contribution in [0.4, 0.5) is 0 Å². The van der Waals surface area contributed by atoms with Crippen molar-refractivity contribution in [3.63, 3.8) is 0 Å². The van der Waals surface area contributed by atoms with Crippen molar-refractivity contribution in [2.75, 3.05) is 59.5 Å². The van der Waals surface area contributed by atoms with E-state index in [1.807, 2.05) is 11.9 Å². The monoisotopic (exact) mass is 834 g/mol. The molecule has 1 aliphatic heterocycles. The number of pyridine rings is 1. The van der Waals surface area contributed by atoms with Crippen molar-refractivity contribution in [2.45, 2.75) is 113 Å². The third-order valence-electron chi connectivity index (χ3n) is 10.0. The van der Waals surface area contributed by atoms with Crippen molar-refractivity contribution in [1.29, 1.82) is 0 Å². The lowest BCUT2D eigenvalue weighted by Gasteiger charge is -2.34. The summed E-state index contributed by atoms with van der Waals surface area (Å²) in [5.74, 6) is -4.17. The molecule has 0 saturated carbocycles. The van der Waals surface area contributed by atoms with Crippen LogP contribution in [0, 0.1) is 0 Å². The second-order valence-corrected chi connectivity index (χ2v) is 14.5. The van der Waals surface area contributed by atoms with E-state index in [0.717, 1.165) is 0 Å². The van der Waals surface area contributed by atoms with Crippen molar-refractivity contribution < 1.29 is 80.5 Å². The van der Waals surface area contributed by atoms with Gasteiger partial charge in [-0.15, -0.1) is 0 Å². The van der Waals surface area contributed by atoms with Gasteiger partial charge in [0, 0.05) is 52.4 Å². The number of fused-ring (bicyclic) bond motifs is 2. The normalized spacial score (nSPS) is 20.1. The van der Waals surface area contributed by atoms with Gasteiger partial charge < -0.3 is 76.8 Å². The molecular formula is C36H62N6O16. The van der Waals surface area contributed by atoms with Gasteiger partial charge in [0.2, 0.25) is 0 Å².